The van der Waals surface area contributed by atoms with E-state index in [1.807, 2.05) is 13.0 Å². The molecule has 1 heterocycles. The zero-order valence-corrected chi connectivity index (χ0v) is 15.7. The standard InChI is InChI=1S/C23H19F2NO3/c1-13-10-15(12-14-6-2-5-9-19(14)29-23(24)25)21-17(11-13)20(22(27)28)16-7-3-4-8-18(16)26-21/h2-9,12-13,23H,10-11H2,1H3,(H,27,28). The Kier molecular flexibility index (Phi) is 5.01. The average Bonchev–Trinajstić information content (AvgIpc) is 2.67. The van der Waals surface area contributed by atoms with E-state index in [1.165, 1.54) is 6.07 Å². The van der Waals surface area contributed by atoms with E-state index in [4.69, 9.17) is 4.98 Å². The summed E-state index contributed by atoms with van der Waals surface area (Å²) in [5.41, 5.74) is 3.49. The van der Waals surface area contributed by atoms with E-state index in [0.29, 0.717) is 40.6 Å². The molecule has 2 aromatic carbocycles. The number of carboxylic acid groups (broad SMARTS) is 1. The molecule has 0 amide bonds. The molecule has 0 aliphatic heterocycles. The van der Waals surface area contributed by atoms with E-state index in [2.05, 4.69) is 4.74 Å². The van der Waals surface area contributed by atoms with Crippen molar-refractivity contribution < 1.29 is 23.4 Å². The van der Waals surface area contributed by atoms with Crippen LogP contribution in [0.25, 0.3) is 22.6 Å². The fraction of sp³-hybridized carbons (Fsp3) is 0.217. The fourth-order valence-corrected chi connectivity index (χ4v) is 3.97. The molecule has 4 nitrogen and oxygen atoms in total. The number of para-hydroxylation sites is 2. The summed E-state index contributed by atoms with van der Waals surface area (Å²) in [5, 5.41) is 10.5. The highest BCUT2D eigenvalue weighted by Gasteiger charge is 2.28. The Hall–Kier alpha value is -3.28. The van der Waals surface area contributed by atoms with Crippen LogP contribution in [0.15, 0.2) is 48.5 Å². The summed E-state index contributed by atoms with van der Waals surface area (Å²) in [6.45, 7) is -0.882. The zero-order chi connectivity index (χ0) is 20.5. The Bertz CT molecular complexity index is 1120. The molecule has 0 saturated carbocycles. The lowest BCUT2D eigenvalue weighted by Crippen LogP contribution is -2.17. The summed E-state index contributed by atoms with van der Waals surface area (Å²) >= 11 is 0. The summed E-state index contributed by atoms with van der Waals surface area (Å²) in [4.78, 5) is 16.8. The summed E-state index contributed by atoms with van der Waals surface area (Å²) < 4.78 is 30.2. The van der Waals surface area contributed by atoms with Crippen LogP contribution >= 0.6 is 0 Å². The van der Waals surface area contributed by atoms with Gasteiger partial charge >= 0.3 is 12.6 Å². The molecule has 1 aromatic heterocycles. The first-order valence-corrected chi connectivity index (χ1v) is 9.33. The quantitative estimate of drug-likeness (QED) is 0.619. The predicted octanol–water partition coefficient (Wildman–Crippen LogP) is 5.66. The second-order valence-electron chi connectivity index (χ2n) is 7.24. The Morgan fingerprint density at radius 2 is 1.90 bits per heavy atom. The van der Waals surface area contributed by atoms with Crippen molar-refractivity contribution in [3.8, 4) is 5.75 Å². The number of hydrogen-bond acceptors (Lipinski definition) is 3. The van der Waals surface area contributed by atoms with Crippen molar-refractivity contribution in [2.45, 2.75) is 26.4 Å². The third kappa shape index (κ3) is 3.70. The first-order chi connectivity index (χ1) is 13.9. The molecule has 0 spiro atoms. The van der Waals surface area contributed by atoms with E-state index in [9.17, 15) is 18.7 Å². The minimum Gasteiger partial charge on any atom is -0.478 e. The van der Waals surface area contributed by atoms with Crippen molar-refractivity contribution in [2.75, 3.05) is 0 Å². The van der Waals surface area contributed by atoms with Gasteiger partial charge in [0.1, 0.15) is 5.75 Å². The minimum atomic E-state index is -2.92. The van der Waals surface area contributed by atoms with Crippen molar-refractivity contribution in [1.29, 1.82) is 0 Å². The molecule has 1 N–H and O–H groups in total. The number of fused-ring (bicyclic) bond motifs is 2. The van der Waals surface area contributed by atoms with E-state index in [0.717, 1.165) is 5.57 Å². The van der Waals surface area contributed by atoms with Crippen LogP contribution in [0.3, 0.4) is 0 Å². The van der Waals surface area contributed by atoms with Crippen LogP contribution in [-0.2, 0) is 6.42 Å². The van der Waals surface area contributed by atoms with Crippen molar-refractivity contribution in [3.05, 3.63) is 70.9 Å². The van der Waals surface area contributed by atoms with Gasteiger partial charge in [-0.05, 0) is 48.1 Å². The summed E-state index contributed by atoms with van der Waals surface area (Å²) in [5.74, 6) is -0.721. The Morgan fingerprint density at radius 1 is 1.17 bits per heavy atom. The maximum absolute atomic E-state index is 12.8. The number of hydrogen-bond donors (Lipinski definition) is 1. The molecule has 29 heavy (non-hydrogen) atoms. The summed E-state index contributed by atoms with van der Waals surface area (Å²) in [6.07, 6.45) is 3.04. The van der Waals surface area contributed by atoms with Crippen LogP contribution in [0.4, 0.5) is 8.78 Å². The maximum atomic E-state index is 12.8. The van der Waals surface area contributed by atoms with Gasteiger partial charge in [-0.3, -0.25) is 0 Å². The van der Waals surface area contributed by atoms with Gasteiger partial charge in [-0.1, -0.05) is 43.3 Å². The van der Waals surface area contributed by atoms with Gasteiger partial charge in [0.15, 0.2) is 0 Å². The van der Waals surface area contributed by atoms with Gasteiger partial charge < -0.3 is 9.84 Å². The number of carbonyl (C=O) groups is 1. The van der Waals surface area contributed by atoms with Crippen LogP contribution in [0.1, 0.15) is 40.5 Å². The SMILES string of the molecule is CC1CC(=Cc2ccccc2OC(F)F)c2nc3ccccc3c(C(=O)O)c2C1. The number of alkyl halides is 2. The van der Waals surface area contributed by atoms with Gasteiger partial charge in [-0.25, -0.2) is 9.78 Å². The van der Waals surface area contributed by atoms with Crippen molar-refractivity contribution in [2.24, 2.45) is 5.92 Å². The molecular formula is C23H19F2NO3. The molecule has 1 atom stereocenters. The largest absolute Gasteiger partial charge is 0.478 e. The van der Waals surface area contributed by atoms with E-state index in [1.54, 1.807) is 42.5 Å². The number of pyridine rings is 1. The van der Waals surface area contributed by atoms with E-state index >= 15 is 0 Å². The number of nitrogens with zero attached hydrogens (tertiary/aromatic N) is 1. The molecular weight excluding hydrogens is 376 g/mol. The summed E-state index contributed by atoms with van der Waals surface area (Å²) in [6, 6.07) is 13.7. The van der Waals surface area contributed by atoms with Crippen molar-refractivity contribution in [1.82, 2.24) is 4.98 Å². The normalized spacial score (nSPS) is 17.5. The van der Waals surface area contributed by atoms with Crippen LogP contribution in [0, 0.1) is 5.92 Å². The molecule has 1 aliphatic rings. The topological polar surface area (TPSA) is 59.4 Å². The van der Waals surface area contributed by atoms with Gasteiger partial charge in [0.2, 0.25) is 0 Å². The minimum absolute atomic E-state index is 0.0778. The maximum Gasteiger partial charge on any atom is 0.387 e. The van der Waals surface area contributed by atoms with Gasteiger partial charge in [0.25, 0.3) is 0 Å². The van der Waals surface area contributed by atoms with E-state index in [-0.39, 0.29) is 17.2 Å². The zero-order valence-electron chi connectivity index (χ0n) is 15.7. The third-order valence-corrected chi connectivity index (χ3v) is 5.10. The van der Waals surface area contributed by atoms with Crippen LogP contribution in [0.5, 0.6) is 5.75 Å². The molecule has 0 fully saturated rings. The Morgan fingerprint density at radius 3 is 2.66 bits per heavy atom. The smallest absolute Gasteiger partial charge is 0.387 e. The Labute approximate surface area is 166 Å². The fourth-order valence-electron chi connectivity index (χ4n) is 3.97. The second-order valence-corrected chi connectivity index (χ2v) is 7.24. The predicted molar refractivity (Wildman–Crippen MR) is 107 cm³/mol. The lowest BCUT2D eigenvalue weighted by atomic mass is 9.80. The summed E-state index contributed by atoms with van der Waals surface area (Å²) in [7, 11) is 0. The molecule has 1 unspecified atom stereocenters. The number of benzene rings is 2. The number of aromatic nitrogens is 1. The number of allylic oxidation sites excluding steroid dienone is 1. The van der Waals surface area contributed by atoms with Crippen LogP contribution < -0.4 is 4.74 Å². The number of carboxylic acids is 1. The lowest BCUT2D eigenvalue weighted by molar-refractivity contribution is -0.0499. The Balaban J connectivity index is 1.94. The van der Waals surface area contributed by atoms with Gasteiger partial charge in [0, 0.05) is 10.9 Å². The number of aromatic carboxylic acids is 1. The van der Waals surface area contributed by atoms with Crippen LogP contribution in [-0.4, -0.2) is 22.7 Å². The average molecular weight is 395 g/mol. The van der Waals surface area contributed by atoms with E-state index < -0.39 is 12.6 Å². The molecule has 4 rings (SSSR count). The highest BCUT2D eigenvalue weighted by molar-refractivity contribution is 6.06. The molecule has 1 aliphatic carbocycles. The van der Waals surface area contributed by atoms with Gasteiger partial charge in [-0.15, -0.1) is 0 Å². The van der Waals surface area contributed by atoms with Gasteiger partial charge in [-0.2, -0.15) is 8.78 Å². The second kappa shape index (κ2) is 7.62. The first-order valence-electron chi connectivity index (χ1n) is 9.33. The molecule has 148 valence electrons. The van der Waals surface area contributed by atoms with Crippen molar-refractivity contribution in [3.63, 3.8) is 0 Å². The van der Waals surface area contributed by atoms with Crippen LogP contribution in [0.2, 0.25) is 0 Å². The molecule has 3 aromatic rings. The third-order valence-electron chi connectivity index (χ3n) is 5.10. The molecule has 0 saturated heterocycles. The highest BCUT2D eigenvalue weighted by Crippen LogP contribution is 2.39. The monoisotopic (exact) mass is 395 g/mol. The van der Waals surface area contributed by atoms with Crippen molar-refractivity contribution >= 4 is 28.5 Å². The van der Waals surface area contributed by atoms with Gasteiger partial charge in [0.05, 0.1) is 16.8 Å². The molecule has 0 bridgehead atoms. The molecule has 0 radical (unpaired) electrons. The lowest BCUT2D eigenvalue weighted by Gasteiger charge is -2.26. The molecule has 6 heteroatoms. The number of rotatable bonds is 4. The first kappa shape index (κ1) is 19.1. The number of ether oxygens (including phenoxy) is 1. The number of halogens is 2. The highest BCUT2D eigenvalue weighted by atomic mass is 19.3.